The van der Waals surface area contributed by atoms with Gasteiger partial charge >= 0.3 is 0 Å². The number of aromatic nitrogens is 2. The zero-order valence-corrected chi connectivity index (χ0v) is 5.66. The highest BCUT2D eigenvalue weighted by Gasteiger charge is 1.77. The second-order valence-electron chi connectivity index (χ2n) is 1.02. The van der Waals surface area contributed by atoms with Gasteiger partial charge in [-0.15, -0.1) is 0 Å². The molecule has 0 amide bonds. The van der Waals surface area contributed by atoms with Gasteiger partial charge in [0.25, 0.3) is 0 Å². The van der Waals surface area contributed by atoms with Gasteiger partial charge in [0.05, 0.1) is 0 Å². The third-order valence-corrected chi connectivity index (χ3v) is 1.09. The van der Waals surface area contributed by atoms with Crippen molar-refractivity contribution < 1.29 is 0 Å². The lowest BCUT2D eigenvalue weighted by molar-refractivity contribution is 1.11. The predicted octanol–water partition coefficient (Wildman–Crippen LogP) is 1.08. The second-order valence-corrected chi connectivity index (χ2v) is 1.98. The topological polar surface area (TPSA) is 25.8 Å². The highest BCUT2D eigenvalue weighted by atomic mass is 127. The number of hydrogen-bond acceptors (Lipinski definition) is 2. The molecule has 1 aromatic rings. The summed E-state index contributed by atoms with van der Waals surface area (Å²) in [6.07, 6.45) is 3.43. The molecule has 1 aromatic heterocycles. The van der Waals surface area contributed by atoms with Gasteiger partial charge < -0.3 is 0 Å². The zero-order valence-electron chi connectivity index (χ0n) is 3.50. The van der Waals surface area contributed by atoms with Crippen LogP contribution in [0.3, 0.4) is 0 Å². The average Bonchev–Trinajstić information content (AvgIpc) is 1.69. The Labute approximate surface area is 55.1 Å². The van der Waals surface area contributed by atoms with E-state index in [4.69, 9.17) is 0 Å². The van der Waals surface area contributed by atoms with E-state index in [1.54, 1.807) is 18.5 Å². The summed E-state index contributed by atoms with van der Waals surface area (Å²) < 4.78 is 0.792. The summed E-state index contributed by atoms with van der Waals surface area (Å²) in [7, 11) is 0. The largest absolute Gasteiger partial charge is 0.232 e. The number of hydrogen-bond donors (Lipinski definition) is 0. The minimum Gasteiger partial charge on any atom is -0.232 e. The first-order valence-corrected chi connectivity index (χ1v) is 2.90. The quantitative estimate of drug-likeness (QED) is 0.468. The SMILES string of the molecule is Ic1ncccn1. The first kappa shape index (κ1) is 4.96. The molecule has 0 bridgehead atoms. The molecule has 7 heavy (non-hydrogen) atoms. The summed E-state index contributed by atoms with van der Waals surface area (Å²) in [5.41, 5.74) is 0. The van der Waals surface area contributed by atoms with E-state index in [-0.39, 0.29) is 0 Å². The normalized spacial score (nSPS) is 8.71. The van der Waals surface area contributed by atoms with Crippen molar-refractivity contribution in [1.82, 2.24) is 9.97 Å². The molecule has 0 aliphatic carbocycles. The summed E-state index contributed by atoms with van der Waals surface area (Å²) in [6, 6.07) is 1.79. The molecule has 1 rings (SSSR count). The molecule has 36 valence electrons. The highest BCUT2D eigenvalue weighted by molar-refractivity contribution is 14.1. The van der Waals surface area contributed by atoms with Crippen LogP contribution >= 0.6 is 22.6 Å². The van der Waals surface area contributed by atoms with Gasteiger partial charge in [0.15, 0.2) is 3.83 Å². The molecule has 0 aliphatic heterocycles. The Balaban J connectivity index is 3.02. The third-order valence-electron chi connectivity index (χ3n) is 0.534. The molecular weight excluding hydrogens is 203 g/mol. The number of halogens is 1. The smallest absolute Gasteiger partial charge is 0.190 e. The fraction of sp³-hybridized carbons (Fsp3) is 0. The molecule has 0 saturated carbocycles. The van der Waals surface area contributed by atoms with E-state index in [1.165, 1.54) is 0 Å². The third kappa shape index (κ3) is 1.38. The van der Waals surface area contributed by atoms with Crippen molar-refractivity contribution in [3.05, 3.63) is 22.3 Å². The van der Waals surface area contributed by atoms with Gasteiger partial charge in [0, 0.05) is 35.0 Å². The maximum atomic E-state index is 3.85. The van der Waals surface area contributed by atoms with E-state index in [0.29, 0.717) is 0 Å². The zero-order chi connectivity index (χ0) is 5.11. The van der Waals surface area contributed by atoms with Crippen molar-refractivity contribution in [2.75, 3.05) is 0 Å². The molecule has 0 N–H and O–H groups in total. The Morgan fingerprint density at radius 3 is 2.14 bits per heavy atom. The average molecular weight is 206 g/mol. The molecule has 3 heteroatoms. The van der Waals surface area contributed by atoms with E-state index in [2.05, 4.69) is 32.6 Å². The van der Waals surface area contributed by atoms with Crippen LogP contribution in [0.25, 0.3) is 0 Å². The summed E-state index contributed by atoms with van der Waals surface area (Å²) in [4.78, 5) is 7.71. The lowest BCUT2D eigenvalue weighted by atomic mass is 10.7. The summed E-state index contributed by atoms with van der Waals surface area (Å²) in [5, 5.41) is 0. The van der Waals surface area contributed by atoms with Gasteiger partial charge in [0.2, 0.25) is 0 Å². The van der Waals surface area contributed by atoms with Gasteiger partial charge in [-0.3, -0.25) is 0 Å². The van der Waals surface area contributed by atoms with Gasteiger partial charge in [-0.25, -0.2) is 9.97 Å². The Morgan fingerprint density at radius 1 is 1.29 bits per heavy atom. The first-order valence-electron chi connectivity index (χ1n) is 1.82. The van der Waals surface area contributed by atoms with Crippen LogP contribution in [0.4, 0.5) is 0 Å². The molecule has 0 atom stereocenters. The number of nitrogens with zero attached hydrogens (tertiary/aromatic N) is 2. The first-order chi connectivity index (χ1) is 3.39. The molecule has 1 heterocycles. The van der Waals surface area contributed by atoms with Gasteiger partial charge in [-0.05, 0) is 6.07 Å². The van der Waals surface area contributed by atoms with Crippen LogP contribution in [0.15, 0.2) is 18.5 Å². The highest BCUT2D eigenvalue weighted by Crippen LogP contribution is 1.89. The van der Waals surface area contributed by atoms with Crippen LogP contribution in [0, 0.1) is 3.83 Å². The van der Waals surface area contributed by atoms with Crippen LogP contribution in [0.5, 0.6) is 0 Å². The lowest BCUT2D eigenvalue weighted by Gasteiger charge is -1.79. The molecule has 0 unspecified atom stereocenters. The predicted molar refractivity (Wildman–Crippen MR) is 34.7 cm³/mol. The van der Waals surface area contributed by atoms with Crippen LogP contribution in [-0.4, -0.2) is 9.97 Å². The van der Waals surface area contributed by atoms with Crippen LogP contribution < -0.4 is 0 Å². The van der Waals surface area contributed by atoms with E-state index >= 15 is 0 Å². The van der Waals surface area contributed by atoms with Crippen molar-refractivity contribution in [1.29, 1.82) is 0 Å². The maximum Gasteiger partial charge on any atom is 0.190 e. The van der Waals surface area contributed by atoms with Gasteiger partial charge in [-0.1, -0.05) is 0 Å². The van der Waals surface area contributed by atoms with Gasteiger partial charge in [-0.2, -0.15) is 0 Å². The molecular formula is C4H3IN2. The van der Waals surface area contributed by atoms with Crippen molar-refractivity contribution >= 4 is 22.6 Å². The van der Waals surface area contributed by atoms with Crippen molar-refractivity contribution in [3.63, 3.8) is 0 Å². The minimum atomic E-state index is 0.792. The fourth-order valence-corrected chi connectivity index (χ4v) is 0.603. The summed E-state index contributed by atoms with van der Waals surface area (Å²) in [6.45, 7) is 0. The van der Waals surface area contributed by atoms with E-state index in [9.17, 15) is 0 Å². The summed E-state index contributed by atoms with van der Waals surface area (Å²) in [5.74, 6) is 0. The van der Waals surface area contributed by atoms with Crippen molar-refractivity contribution in [2.24, 2.45) is 0 Å². The maximum absolute atomic E-state index is 3.85. The van der Waals surface area contributed by atoms with Crippen LogP contribution in [0.2, 0.25) is 0 Å². The molecule has 0 aliphatic rings. The van der Waals surface area contributed by atoms with Crippen molar-refractivity contribution in [3.8, 4) is 0 Å². The monoisotopic (exact) mass is 206 g/mol. The molecule has 0 spiro atoms. The van der Waals surface area contributed by atoms with Crippen molar-refractivity contribution in [2.45, 2.75) is 0 Å². The molecule has 0 radical (unpaired) electrons. The summed E-state index contributed by atoms with van der Waals surface area (Å²) >= 11 is 2.06. The molecule has 0 aromatic carbocycles. The standard InChI is InChI=1S/C4H3IN2/c5-4-6-2-1-3-7-4/h1-3H. The molecule has 0 saturated heterocycles. The molecule has 0 fully saturated rings. The fourth-order valence-electron chi connectivity index (χ4n) is 0.281. The van der Waals surface area contributed by atoms with E-state index in [1.807, 2.05) is 0 Å². The van der Waals surface area contributed by atoms with E-state index < -0.39 is 0 Å². The Hall–Kier alpha value is -0.190. The Morgan fingerprint density at radius 2 is 1.86 bits per heavy atom. The van der Waals surface area contributed by atoms with Crippen LogP contribution in [0.1, 0.15) is 0 Å². The minimum absolute atomic E-state index is 0.792. The second kappa shape index (κ2) is 2.20. The number of rotatable bonds is 0. The Bertz CT molecular complexity index is 140. The van der Waals surface area contributed by atoms with E-state index in [0.717, 1.165) is 3.83 Å². The molecule has 2 nitrogen and oxygen atoms in total. The lowest BCUT2D eigenvalue weighted by Crippen LogP contribution is -1.79. The Kier molecular flexibility index (Phi) is 1.56. The van der Waals surface area contributed by atoms with Gasteiger partial charge in [0.1, 0.15) is 0 Å². The van der Waals surface area contributed by atoms with Crippen LogP contribution in [-0.2, 0) is 0 Å².